The van der Waals surface area contributed by atoms with E-state index in [2.05, 4.69) is 6.92 Å². The zero-order chi connectivity index (χ0) is 20.6. The number of para-hydroxylation sites is 1. The molecule has 158 valence electrons. The fraction of sp³-hybridized carbons (Fsp3) is 0.636. The number of rotatable bonds is 17. The maximum Gasteiger partial charge on any atom is 0.344 e. The Morgan fingerprint density at radius 2 is 1.61 bits per heavy atom. The standard InChI is InChI=1S/C22H34O5S/c1-2-3-4-5-6-7-8-9-14-19(22(25)26)27-18-13-10-11-15-20(18)28-17-12-16-21(23)24/h10-11,13,15,19H,2-9,12,14,16-17H2,1H3,(H,23,24)(H,25,26). The van der Waals surface area contributed by atoms with Gasteiger partial charge in [-0.3, -0.25) is 4.79 Å². The first-order chi connectivity index (χ1) is 13.5. The van der Waals surface area contributed by atoms with Crippen LogP contribution in [0.4, 0.5) is 0 Å². The van der Waals surface area contributed by atoms with Crippen molar-refractivity contribution < 1.29 is 24.5 Å². The number of thioether (sulfide) groups is 1. The highest BCUT2D eigenvalue weighted by Crippen LogP contribution is 2.31. The fourth-order valence-electron chi connectivity index (χ4n) is 2.92. The Balaban J connectivity index is 2.42. The van der Waals surface area contributed by atoms with Gasteiger partial charge in [0, 0.05) is 11.3 Å². The van der Waals surface area contributed by atoms with Crippen molar-refractivity contribution in [1.29, 1.82) is 0 Å². The van der Waals surface area contributed by atoms with E-state index in [4.69, 9.17) is 9.84 Å². The number of carboxylic acids is 2. The largest absolute Gasteiger partial charge is 0.481 e. The van der Waals surface area contributed by atoms with Gasteiger partial charge in [-0.15, -0.1) is 11.8 Å². The van der Waals surface area contributed by atoms with E-state index in [0.29, 0.717) is 24.3 Å². The number of aliphatic carboxylic acids is 2. The molecule has 0 aliphatic heterocycles. The van der Waals surface area contributed by atoms with Gasteiger partial charge in [0.15, 0.2) is 6.10 Å². The molecule has 2 N–H and O–H groups in total. The summed E-state index contributed by atoms with van der Waals surface area (Å²) in [5, 5.41) is 18.2. The molecule has 1 rings (SSSR count). The highest BCUT2D eigenvalue weighted by molar-refractivity contribution is 7.99. The zero-order valence-corrected chi connectivity index (χ0v) is 17.7. The summed E-state index contributed by atoms with van der Waals surface area (Å²) < 4.78 is 5.81. The summed E-state index contributed by atoms with van der Waals surface area (Å²) in [6.07, 6.45) is 9.69. The summed E-state index contributed by atoms with van der Waals surface area (Å²) >= 11 is 1.50. The fourth-order valence-corrected chi connectivity index (χ4v) is 3.86. The number of benzene rings is 1. The second-order valence-electron chi connectivity index (χ2n) is 7.00. The first-order valence-corrected chi connectivity index (χ1v) is 11.4. The van der Waals surface area contributed by atoms with E-state index >= 15 is 0 Å². The summed E-state index contributed by atoms with van der Waals surface area (Å²) in [4.78, 5) is 23.1. The number of hydrogen-bond acceptors (Lipinski definition) is 4. The van der Waals surface area contributed by atoms with Crippen LogP contribution in [-0.2, 0) is 9.59 Å². The Bertz CT molecular complexity index is 576. The molecule has 1 aromatic rings. The van der Waals surface area contributed by atoms with Crippen LogP contribution < -0.4 is 4.74 Å². The molecule has 0 bridgehead atoms. The topological polar surface area (TPSA) is 83.8 Å². The second-order valence-corrected chi connectivity index (χ2v) is 8.14. The number of carbonyl (C=O) groups is 2. The van der Waals surface area contributed by atoms with Crippen molar-refractivity contribution in [1.82, 2.24) is 0 Å². The monoisotopic (exact) mass is 410 g/mol. The molecule has 28 heavy (non-hydrogen) atoms. The van der Waals surface area contributed by atoms with Crippen LogP contribution in [0.1, 0.15) is 77.6 Å². The van der Waals surface area contributed by atoms with E-state index < -0.39 is 18.0 Å². The zero-order valence-electron chi connectivity index (χ0n) is 16.9. The van der Waals surface area contributed by atoms with Crippen LogP contribution >= 0.6 is 11.8 Å². The average molecular weight is 411 g/mol. The number of unbranched alkanes of at least 4 members (excludes halogenated alkanes) is 7. The molecule has 1 unspecified atom stereocenters. The van der Waals surface area contributed by atoms with Crippen LogP contribution in [0.25, 0.3) is 0 Å². The van der Waals surface area contributed by atoms with Gasteiger partial charge in [-0.1, -0.05) is 64.0 Å². The molecular weight excluding hydrogens is 376 g/mol. The van der Waals surface area contributed by atoms with E-state index in [0.717, 1.165) is 24.2 Å². The Hall–Kier alpha value is -1.69. The molecule has 0 radical (unpaired) electrons. The van der Waals surface area contributed by atoms with Crippen LogP contribution in [0, 0.1) is 0 Å². The van der Waals surface area contributed by atoms with E-state index in [-0.39, 0.29) is 6.42 Å². The summed E-state index contributed by atoms with van der Waals surface area (Å²) in [6, 6.07) is 7.37. The van der Waals surface area contributed by atoms with Crippen molar-refractivity contribution in [3.63, 3.8) is 0 Å². The van der Waals surface area contributed by atoms with Crippen molar-refractivity contribution >= 4 is 23.7 Å². The van der Waals surface area contributed by atoms with Gasteiger partial charge in [-0.25, -0.2) is 4.79 Å². The smallest absolute Gasteiger partial charge is 0.344 e. The molecule has 0 spiro atoms. The molecule has 6 heteroatoms. The third-order valence-electron chi connectivity index (χ3n) is 4.51. The average Bonchev–Trinajstić information content (AvgIpc) is 2.67. The van der Waals surface area contributed by atoms with Gasteiger partial charge >= 0.3 is 11.9 Å². The maximum atomic E-state index is 11.6. The Morgan fingerprint density at radius 1 is 0.964 bits per heavy atom. The van der Waals surface area contributed by atoms with Gasteiger partial charge in [0.1, 0.15) is 5.75 Å². The number of carboxylic acid groups (broad SMARTS) is 2. The van der Waals surface area contributed by atoms with Crippen LogP contribution in [-0.4, -0.2) is 34.0 Å². The van der Waals surface area contributed by atoms with Gasteiger partial charge < -0.3 is 14.9 Å². The highest BCUT2D eigenvalue weighted by Gasteiger charge is 2.20. The minimum atomic E-state index is -0.936. The van der Waals surface area contributed by atoms with Gasteiger partial charge in [-0.05, 0) is 37.1 Å². The van der Waals surface area contributed by atoms with E-state index in [9.17, 15) is 14.7 Å². The number of ether oxygens (including phenoxy) is 1. The third-order valence-corrected chi connectivity index (χ3v) is 5.65. The molecule has 0 saturated heterocycles. The molecule has 1 aromatic carbocycles. The predicted octanol–water partition coefficient (Wildman–Crippen LogP) is 6.01. The molecule has 5 nitrogen and oxygen atoms in total. The summed E-state index contributed by atoms with van der Waals surface area (Å²) in [5.41, 5.74) is 0. The lowest BCUT2D eigenvalue weighted by atomic mass is 10.1. The van der Waals surface area contributed by atoms with Gasteiger partial charge in [0.05, 0.1) is 0 Å². The highest BCUT2D eigenvalue weighted by atomic mass is 32.2. The maximum absolute atomic E-state index is 11.6. The van der Waals surface area contributed by atoms with Crippen molar-refractivity contribution in [2.45, 2.75) is 88.6 Å². The lowest BCUT2D eigenvalue weighted by Gasteiger charge is -2.17. The summed E-state index contributed by atoms with van der Waals surface area (Å²) in [5.74, 6) is -0.521. The van der Waals surface area contributed by atoms with Gasteiger partial charge in [0.25, 0.3) is 0 Å². The van der Waals surface area contributed by atoms with Crippen LogP contribution in [0.5, 0.6) is 5.75 Å². The molecule has 0 saturated carbocycles. The molecule has 0 aliphatic carbocycles. The number of hydrogen-bond donors (Lipinski definition) is 2. The molecule has 0 aliphatic rings. The van der Waals surface area contributed by atoms with E-state index in [1.807, 2.05) is 18.2 Å². The van der Waals surface area contributed by atoms with E-state index in [1.165, 1.54) is 43.9 Å². The molecule has 0 fully saturated rings. The minimum Gasteiger partial charge on any atom is -0.481 e. The molecule has 0 aromatic heterocycles. The van der Waals surface area contributed by atoms with Gasteiger partial charge in [-0.2, -0.15) is 0 Å². The molecule has 0 amide bonds. The van der Waals surface area contributed by atoms with Crippen LogP contribution in [0.2, 0.25) is 0 Å². The Labute approximate surface area is 172 Å². The van der Waals surface area contributed by atoms with E-state index in [1.54, 1.807) is 6.07 Å². The van der Waals surface area contributed by atoms with Crippen molar-refractivity contribution in [3.05, 3.63) is 24.3 Å². The second kappa shape index (κ2) is 15.3. The van der Waals surface area contributed by atoms with Crippen LogP contribution in [0.15, 0.2) is 29.2 Å². The molecule has 0 heterocycles. The first-order valence-electron chi connectivity index (χ1n) is 10.4. The van der Waals surface area contributed by atoms with Gasteiger partial charge in [0.2, 0.25) is 0 Å². The lowest BCUT2D eigenvalue weighted by Crippen LogP contribution is -2.27. The minimum absolute atomic E-state index is 0.131. The quantitative estimate of drug-likeness (QED) is 0.242. The lowest BCUT2D eigenvalue weighted by molar-refractivity contribution is -0.145. The van der Waals surface area contributed by atoms with Crippen LogP contribution in [0.3, 0.4) is 0 Å². The Kier molecular flexibility index (Phi) is 13.3. The van der Waals surface area contributed by atoms with Crippen molar-refractivity contribution in [3.8, 4) is 5.75 Å². The van der Waals surface area contributed by atoms with Crippen molar-refractivity contribution in [2.24, 2.45) is 0 Å². The third kappa shape index (κ3) is 11.2. The summed E-state index contributed by atoms with van der Waals surface area (Å²) in [6.45, 7) is 2.21. The summed E-state index contributed by atoms with van der Waals surface area (Å²) in [7, 11) is 0. The normalized spacial score (nSPS) is 11.9. The van der Waals surface area contributed by atoms with Crippen molar-refractivity contribution in [2.75, 3.05) is 5.75 Å². The molecule has 1 atom stereocenters. The predicted molar refractivity (Wildman–Crippen MR) is 113 cm³/mol. The first kappa shape index (κ1) is 24.3. The SMILES string of the molecule is CCCCCCCCCCC(Oc1ccccc1SCCCC(=O)O)C(=O)O. The molecular formula is C22H34O5S. The Morgan fingerprint density at radius 3 is 2.25 bits per heavy atom.